The van der Waals surface area contributed by atoms with Gasteiger partial charge in [0.15, 0.2) is 0 Å². The highest BCUT2D eigenvalue weighted by molar-refractivity contribution is 5.95. The van der Waals surface area contributed by atoms with E-state index in [1.165, 1.54) is 0 Å². The van der Waals surface area contributed by atoms with Crippen LogP contribution in [0.25, 0.3) is 0 Å². The first-order valence-corrected chi connectivity index (χ1v) is 8.15. The molecule has 1 unspecified atom stereocenters. The maximum atomic E-state index is 12.4. The first-order valence-electron chi connectivity index (χ1n) is 8.15. The quantitative estimate of drug-likeness (QED) is 0.892. The van der Waals surface area contributed by atoms with Gasteiger partial charge in [0.05, 0.1) is 0 Å². The Morgan fingerprint density at radius 1 is 1.13 bits per heavy atom. The van der Waals surface area contributed by atoms with Crippen LogP contribution in [0.5, 0.6) is 0 Å². The highest BCUT2D eigenvalue weighted by Crippen LogP contribution is 2.13. The van der Waals surface area contributed by atoms with Crippen LogP contribution in [0.15, 0.2) is 24.3 Å². The maximum Gasteiger partial charge on any atom is 0.319 e. The van der Waals surface area contributed by atoms with Gasteiger partial charge in [0.25, 0.3) is 5.91 Å². The number of nitrogens with one attached hydrogen (secondary N) is 2. The Kier molecular flexibility index (Phi) is 5.98. The summed E-state index contributed by atoms with van der Waals surface area (Å²) in [5.74, 6) is 0.0497. The molecule has 0 aromatic heterocycles. The normalized spacial score (nSPS) is 16.7. The fourth-order valence-electron chi connectivity index (χ4n) is 2.38. The average Bonchev–Trinajstić information content (AvgIpc) is 2.55. The SMILES string of the molecule is CCC(C)NC(=O)Nc1ccc(C(=O)N2CCN(C)CC2)cc1. The van der Waals surface area contributed by atoms with E-state index < -0.39 is 0 Å². The third-order valence-electron chi connectivity index (χ3n) is 4.17. The van der Waals surface area contributed by atoms with Gasteiger partial charge >= 0.3 is 6.03 Å². The van der Waals surface area contributed by atoms with Crippen molar-refractivity contribution in [2.24, 2.45) is 0 Å². The van der Waals surface area contributed by atoms with Crippen LogP contribution in [0.3, 0.4) is 0 Å². The van der Waals surface area contributed by atoms with E-state index in [1.807, 2.05) is 18.7 Å². The van der Waals surface area contributed by atoms with Crippen LogP contribution in [-0.4, -0.2) is 61.0 Å². The summed E-state index contributed by atoms with van der Waals surface area (Å²) in [6.45, 7) is 7.29. The summed E-state index contributed by atoms with van der Waals surface area (Å²) in [5.41, 5.74) is 1.34. The van der Waals surface area contributed by atoms with Gasteiger partial charge in [0, 0.05) is 43.5 Å². The van der Waals surface area contributed by atoms with Crippen LogP contribution in [0, 0.1) is 0 Å². The molecule has 1 saturated heterocycles. The van der Waals surface area contributed by atoms with Gasteiger partial charge in [-0.05, 0) is 44.7 Å². The lowest BCUT2D eigenvalue weighted by Gasteiger charge is -2.32. The number of anilines is 1. The van der Waals surface area contributed by atoms with Crippen molar-refractivity contribution in [3.8, 4) is 0 Å². The van der Waals surface area contributed by atoms with Crippen LogP contribution in [0.2, 0.25) is 0 Å². The number of piperazine rings is 1. The number of carbonyl (C=O) groups is 2. The number of rotatable bonds is 4. The second kappa shape index (κ2) is 7.97. The zero-order chi connectivity index (χ0) is 16.8. The predicted octanol–water partition coefficient (Wildman–Crippen LogP) is 1.99. The molecule has 6 nitrogen and oxygen atoms in total. The van der Waals surface area contributed by atoms with E-state index in [-0.39, 0.29) is 18.0 Å². The molecule has 0 bridgehead atoms. The topological polar surface area (TPSA) is 64.7 Å². The molecule has 1 heterocycles. The number of carbonyl (C=O) groups excluding carboxylic acids is 2. The van der Waals surface area contributed by atoms with Gasteiger partial charge in [-0.2, -0.15) is 0 Å². The fraction of sp³-hybridized carbons (Fsp3) is 0.529. The van der Waals surface area contributed by atoms with Crippen LogP contribution in [0.1, 0.15) is 30.6 Å². The van der Waals surface area contributed by atoms with E-state index in [0.29, 0.717) is 11.3 Å². The number of hydrogen-bond donors (Lipinski definition) is 2. The maximum absolute atomic E-state index is 12.4. The van der Waals surface area contributed by atoms with Gasteiger partial charge in [0.1, 0.15) is 0 Å². The Labute approximate surface area is 137 Å². The van der Waals surface area contributed by atoms with Crippen LogP contribution >= 0.6 is 0 Å². The number of urea groups is 1. The zero-order valence-electron chi connectivity index (χ0n) is 14.1. The van der Waals surface area contributed by atoms with Crippen molar-refractivity contribution in [3.63, 3.8) is 0 Å². The van der Waals surface area contributed by atoms with E-state index >= 15 is 0 Å². The molecule has 1 atom stereocenters. The van der Waals surface area contributed by atoms with Crippen molar-refractivity contribution in [2.45, 2.75) is 26.3 Å². The van der Waals surface area contributed by atoms with Gasteiger partial charge in [-0.15, -0.1) is 0 Å². The molecule has 1 aromatic rings. The summed E-state index contributed by atoms with van der Waals surface area (Å²) < 4.78 is 0. The monoisotopic (exact) mass is 318 g/mol. The van der Waals surface area contributed by atoms with Crippen molar-refractivity contribution < 1.29 is 9.59 Å². The molecule has 2 rings (SSSR count). The minimum Gasteiger partial charge on any atom is -0.336 e. The molecule has 2 N–H and O–H groups in total. The fourth-order valence-corrected chi connectivity index (χ4v) is 2.38. The Balaban J connectivity index is 1.91. The summed E-state index contributed by atoms with van der Waals surface area (Å²) in [6, 6.07) is 6.96. The minimum absolute atomic E-state index is 0.0497. The van der Waals surface area contributed by atoms with Crippen LogP contribution < -0.4 is 10.6 Å². The second-order valence-corrected chi connectivity index (χ2v) is 6.08. The van der Waals surface area contributed by atoms with Crippen molar-refractivity contribution in [3.05, 3.63) is 29.8 Å². The first kappa shape index (κ1) is 17.3. The Morgan fingerprint density at radius 2 is 1.74 bits per heavy atom. The second-order valence-electron chi connectivity index (χ2n) is 6.08. The van der Waals surface area contributed by atoms with E-state index in [4.69, 9.17) is 0 Å². The summed E-state index contributed by atoms with van der Waals surface area (Å²) in [5, 5.41) is 5.62. The summed E-state index contributed by atoms with van der Waals surface area (Å²) >= 11 is 0. The summed E-state index contributed by atoms with van der Waals surface area (Å²) in [6.07, 6.45) is 0.881. The number of amides is 3. The molecule has 1 aliphatic rings. The summed E-state index contributed by atoms with van der Waals surface area (Å²) in [4.78, 5) is 28.3. The molecule has 3 amide bonds. The number of benzene rings is 1. The van der Waals surface area contributed by atoms with E-state index in [0.717, 1.165) is 32.6 Å². The van der Waals surface area contributed by atoms with Gasteiger partial charge in [-0.1, -0.05) is 6.92 Å². The van der Waals surface area contributed by atoms with Gasteiger partial charge in [-0.3, -0.25) is 4.79 Å². The average molecular weight is 318 g/mol. The lowest BCUT2D eigenvalue weighted by molar-refractivity contribution is 0.0664. The molecule has 1 aromatic carbocycles. The molecule has 1 fully saturated rings. The third kappa shape index (κ3) is 4.96. The molecule has 6 heteroatoms. The van der Waals surface area contributed by atoms with Crippen molar-refractivity contribution >= 4 is 17.6 Å². The van der Waals surface area contributed by atoms with Gasteiger partial charge in [0.2, 0.25) is 0 Å². The van der Waals surface area contributed by atoms with E-state index in [9.17, 15) is 9.59 Å². The van der Waals surface area contributed by atoms with Crippen molar-refractivity contribution in [2.75, 3.05) is 38.5 Å². The highest BCUT2D eigenvalue weighted by Gasteiger charge is 2.20. The number of nitrogens with zero attached hydrogens (tertiary/aromatic N) is 2. The van der Waals surface area contributed by atoms with Crippen LogP contribution in [-0.2, 0) is 0 Å². The molecule has 23 heavy (non-hydrogen) atoms. The zero-order valence-corrected chi connectivity index (χ0v) is 14.1. The molecule has 126 valence electrons. The predicted molar refractivity (Wildman–Crippen MR) is 91.7 cm³/mol. The van der Waals surface area contributed by atoms with Crippen molar-refractivity contribution in [1.82, 2.24) is 15.1 Å². The minimum atomic E-state index is -0.225. The smallest absolute Gasteiger partial charge is 0.319 e. The van der Waals surface area contributed by atoms with Gasteiger partial charge < -0.3 is 20.4 Å². The lowest BCUT2D eigenvalue weighted by atomic mass is 10.1. The molecule has 0 aliphatic carbocycles. The molecule has 0 saturated carbocycles. The van der Waals surface area contributed by atoms with Gasteiger partial charge in [-0.25, -0.2) is 4.79 Å². The number of likely N-dealkylation sites (N-methyl/N-ethyl adjacent to an activating group) is 1. The third-order valence-corrected chi connectivity index (χ3v) is 4.17. The summed E-state index contributed by atoms with van der Waals surface area (Å²) in [7, 11) is 2.06. The first-order chi connectivity index (χ1) is 11.0. The molecule has 0 radical (unpaired) electrons. The van der Waals surface area contributed by atoms with Crippen LogP contribution in [0.4, 0.5) is 10.5 Å². The highest BCUT2D eigenvalue weighted by atomic mass is 16.2. The van der Waals surface area contributed by atoms with Crippen molar-refractivity contribution in [1.29, 1.82) is 0 Å². The Hall–Kier alpha value is -2.08. The molecule has 0 spiro atoms. The molecular weight excluding hydrogens is 292 g/mol. The standard InChI is InChI=1S/C17H26N4O2/c1-4-13(2)18-17(23)19-15-7-5-14(6-8-15)16(22)21-11-9-20(3)10-12-21/h5-8,13H,4,9-12H2,1-3H3,(H2,18,19,23). The molecule has 1 aliphatic heterocycles. The Bertz CT molecular complexity index is 536. The molecular formula is C17H26N4O2. The largest absolute Gasteiger partial charge is 0.336 e. The Morgan fingerprint density at radius 3 is 2.30 bits per heavy atom. The number of hydrogen-bond acceptors (Lipinski definition) is 3. The lowest BCUT2D eigenvalue weighted by Crippen LogP contribution is -2.47. The van der Waals surface area contributed by atoms with E-state index in [1.54, 1.807) is 24.3 Å². The van der Waals surface area contributed by atoms with E-state index in [2.05, 4.69) is 22.6 Å².